The molecule has 0 aliphatic carbocycles. The second-order valence-corrected chi connectivity index (χ2v) is 5.68. The van der Waals surface area contributed by atoms with Crippen LogP contribution in [0.5, 0.6) is 5.88 Å². The molecule has 2 rings (SSSR count). The molecule has 0 radical (unpaired) electrons. The highest BCUT2D eigenvalue weighted by Gasteiger charge is 2.17. The molecule has 1 aliphatic heterocycles. The third-order valence-electron chi connectivity index (χ3n) is 3.69. The Bertz CT molecular complexity index is 475. The Balaban J connectivity index is 1.99. The van der Waals surface area contributed by atoms with Gasteiger partial charge in [-0.05, 0) is 31.2 Å². The lowest BCUT2D eigenvalue weighted by Gasteiger charge is -2.31. The molecule has 5 heteroatoms. The van der Waals surface area contributed by atoms with Gasteiger partial charge in [0.15, 0.2) is 5.96 Å². The molecule has 1 fully saturated rings. The summed E-state index contributed by atoms with van der Waals surface area (Å²) in [5.74, 6) is 1.99. The smallest absolute Gasteiger partial charge is 0.218 e. The van der Waals surface area contributed by atoms with E-state index in [0.29, 0.717) is 30.9 Å². The largest absolute Gasteiger partial charge is 0.477 e. The molecular weight excluding hydrogens is 264 g/mol. The molecule has 0 amide bonds. The number of pyridine rings is 1. The minimum absolute atomic E-state index is 0.517. The third kappa shape index (κ3) is 4.62. The van der Waals surface area contributed by atoms with E-state index in [1.165, 1.54) is 12.8 Å². The first-order valence-corrected chi connectivity index (χ1v) is 7.82. The topological polar surface area (TPSA) is 63.7 Å². The van der Waals surface area contributed by atoms with Crippen LogP contribution in [0, 0.1) is 5.92 Å². The lowest BCUT2D eigenvalue weighted by Crippen LogP contribution is -2.43. The number of ether oxygens (including phenoxy) is 1. The monoisotopic (exact) mass is 290 g/mol. The number of hydrogen-bond acceptors (Lipinski definition) is 3. The van der Waals surface area contributed by atoms with E-state index in [4.69, 9.17) is 10.5 Å². The van der Waals surface area contributed by atoms with Gasteiger partial charge in [-0.15, -0.1) is 0 Å². The molecule has 116 valence electrons. The highest BCUT2D eigenvalue weighted by molar-refractivity contribution is 5.78. The highest BCUT2D eigenvalue weighted by atomic mass is 16.5. The van der Waals surface area contributed by atoms with E-state index < -0.39 is 0 Å². The van der Waals surface area contributed by atoms with Crippen molar-refractivity contribution in [3.05, 3.63) is 23.9 Å². The fraction of sp³-hybridized carbons (Fsp3) is 0.625. The lowest BCUT2D eigenvalue weighted by atomic mass is 10.0. The van der Waals surface area contributed by atoms with E-state index >= 15 is 0 Å². The summed E-state index contributed by atoms with van der Waals surface area (Å²) < 4.78 is 5.65. The number of nitrogens with two attached hydrogens (primary N) is 1. The molecule has 0 bridgehead atoms. The van der Waals surface area contributed by atoms with Gasteiger partial charge in [-0.2, -0.15) is 0 Å². The molecule has 1 unspecified atom stereocenters. The summed E-state index contributed by atoms with van der Waals surface area (Å²) in [7, 11) is 0. The minimum Gasteiger partial charge on any atom is -0.477 e. The van der Waals surface area contributed by atoms with E-state index in [9.17, 15) is 0 Å². The predicted molar refractivity (Wildman–Crippen MR) is 85.3 cm³/mol. The number of nitrogens with zero attached hydrogens (tertiary/aromatic N) is 3. The maximum Gasteiger partial charge on any atom is 0.218 e. The van der Waals surface area contributed by atoms with Crippen LogP contribution >= 0.6 is 0 Å². The maximum absolute atomic E-state index is 6.12. The van der Waals surface area contributed by atoms with Crippen LogP contribution in [0.1, 0.15) is 38.7 Å². The Morgan fingerprint density at radius 1 is 1.57 bits per heavy atom. The minimum atomic E-state index is 0.517. The molecule has 0 spiro atoms. The van der Waals surface area contributed by atoms with Crippen LogP contribution in [-0.2, 0) is 6.54 Å². The van der Waals surface area contributed by atoms with Crippen molar-refractivity contribution in [2.45, 2.75) is 39.7 Å². The van der Waals surface area contributed by atoms with E-state index in [-0.39, 0.29) is 0 Å². The molecular formula is C16H26N4O. The quantitative estimate of drug-likeness (QED) is 0.668. The summed E-state index contributed by atoms with van der Waals surface area (Å²) in [6, 6.07) is 3.90. The Morgan fingerprint density at radius 2 is 2.43 bits per heavy atom. The Labute approximate surface area is 127 Å². The molecule has 1 aliphatic rings. The van der Waals surface area contributed by atoms with Gasteiger partial charge in [0.25, 0.3) is 0 Å². The molecule has 1 saturated heterocycles. The molecule has 2 heterocycles. The average molecular weight is 290 g/mol. The van der Waals surface area contributed by atoms with Crippen molar-refractivity contribution in [3.63, 3.8) is 0 Å². The van der Waals surface area contributed by atoms with E-state index in [1.54, 1.807) is 6.20 Å². The van der Waals surface area contributed by atoms with Gasteiger partial charge in [-0.25, -0.2) is 9.98 Å². The number of piperidine rings is 1. The number of aliphatic imine (C=N–C) groups is 1. The second-order valence-electron chi connectivity index (χ2n) is 5.68. The Hall–Kier alpha value is -1.78. The van der Waals surface area contributed by atoms with Gasteiger partial charge in [0.1, 0.15) is 0 Å². The van der Waals surface area contributed by atoms with E-state index in [0.717, 1.165) is 25.1 Å². The SMILES string of the molecule is CCCOc1ncccc1CN=C(N)N1CCCC(C)C1. The molecule has 1 aromatic rings. The van der Waals surface area contributed by atoms with Crippen molar-refractivity contribution >= 4 is 5.96 Å². The van der Waals surface area contributed by atoms with Gasteiger partial charge < -0.3 is 15.4 Å². The molecule has 2 N–H and O–H groups in total. The van der Waals surface area contributed by atoms with Crippen LogP contribution < -0.4 is 10.5 Å². The standard InChI is InChI=1S/C16H26N4O/c1-3-10-21-15-14(7-4-8-18-15)11-19-16(17)20-9-5-6-13(2)12-20/h4,7-8,13H,3,5-6,9-12H2,1-2H3,(H2,17,19). The van der Waals surface area contributed by atoms with Gasteiger partial charge in [0.05, 0.1) is 13.2 Å². The van der Waals surface area contributed by atoms with Crippen molar-refractivity contribution in [2.24, 2.45) is 16.6 Å². The van der Waals surface area contributed by atoms with Crippen LogP contribution in [0.2, 0.25) is 0 Å². The number of hydrogen-bond donors (Lipinski definition) is 1. The van der Waals surface area contributed by atoms with Crippen molar-refractivity contribution in [1.82, 2.24) is 9.88 Å². The van der Waals surface area contributed by atoms with Crippen molar-refractivity contribution in [1.29, 1.82) is 0 Å². The average Bonchev–Trinajstić information content (AvgIpc) is 2.51. The van der Waals surface area contributed by atoms with Gasteiger partial charge >= 0.3 is 0 Å². The third-order valence-corrected chi connectivity index (χ3v) is 3.69. The van der Waals surface area contributed by atoms with Crippen molar-refractivity contribution < 1.29 is 4.74 Å². The normalized spacial score (nSPS) is 19.6. The summed E-state index contributed by atoms with van der Waals surface area (Å²) in [6.45, 7) is 7.54. The lowest BCUT2D eigenvalue weighted by molar-refractivity contribution is 0.270. The van der Waals surface area contributed by atoms with Crippen molar-refractivity contribution in [3.8, 4) is 5.88 Å². The molecule has 5 nitrogen and oxygen atoms in total. The Kier molecular flexibility index (Phi) is 5.84. The first-order chi connectivity index (χ1) is 10.2. The summed E-state index contributed by atoms with van der Waals surface area (Å²) in [5, 5.41) is 0. The predicted octanol–water partition coefficient (Wildman–Crippen LogP) is 2.42. The van der Waals surface area contributed by atoms with E-state index in [1.807, 2.05) is 12.1 Å². The molecule has 1 atom stereocenters. The number of rotatable bonds is 5. The Morgan fingerprint density at radius 3 is 3.19 bits per heavy atom. The summed E-state index contributed by atoms with van der Waals surface area (Å²) in [6.07, 6.45) is 5.18. The maximum atomic E-state index is 6.12. The molecule has 0 aromatic carbocycles. The number of likely N-dealkylation sites (tertiary alicyclic amines) is 1. The highest BCUT2D eigenvalue weighted by Crippen LogP contribution is 2.17. The van der Waals surface area contributed by atoms with Gasteiger partial charge in [-0.1, -0.05) is 19.9 Å². The van der Waals surface area contributed by atoms with Gasteiger partial charge in [0, 0.05) is 24.8 Å². The second kappa shape index (κ2) is 7.86. The van der Waals surface area contributed by atoms with Crippen LogP contribution in [0.15, 0.2) is 23.3 Å². The molecule has 0 saturated carbocycles. The first kappa shape index (κ1) is 15.6. The summed E-state index contributed by atoms with van der Waals surface area (Å²) in [4.78, 5) is 11.0. The van der Waals surface area contributed by atoms with Gasteiger partial charge in [-0.3, -0.25) is 0 Å². The fourth-order valence-corrected chi connectivity index (χ4v) is 2.54. The first-order valence-electron chi connectivity index (χ1n) is 7.82. The zero-order chi connectivity index (χ0) is 15.1. The van der Waals surface area contributed by atoms with Crippen LogP contribution in [0.3, 0.4) is 0 Å². The van der Waals surface area contributed by atoms with E-state index in [2.05, 4.69) is 28.7 Å². The van der Waals surface area contributed by atoms with Gasteiger partial charge in [0.2, 0.25) is 5.88 Å². The van der Waals surface area contributed by atoms with Crippen molar-refractivity contribution in [2.75, 3.05) is 19.7 Å². The van der Waals surface area contributed by atoms with Crippen LogP contribution in [0.4, 0.5) is 0 Å². The zero-order valence-electron chi connectivity index (χ0n) is 13.1. The summed E-state index contributed by atoms with van der Waals surface area (Å²) >= 11 is 0. The van der Waals surface area contributed by atoms with Crippen LogP contribution in [0.25, 0.3) is 0 Å². The number of guanidine groups is 1. The zero-order valence-corrected chi connectivity index (χ0v) is 13.1. The molecule has 21 heavy (non-hydrogen) atoms. The van der Waals surface area contributed by atoms with Crippen LogP contribution in [-0.4, -0.2) is 35.5 Å². The number of aromatic nitrogens is 1. The molecule has 1 aromatic heterocycles. The fourth-order valence-electron chi connectivity index (χ4n) is 2.54. The summed E-state index contributed by atoms with van der Waals surface area (Å²) in [5.41, 5.74) is 7.11.